The Morgan fingerprint density at radius 3 is 2.23 bits per heavy atom. The fraction of sp³-hybridized carbons (Fsp3) is 0.238. The molecule has 2 aromatic heterocycles. The maximum absolute atomic E-state index is 12.6. The van der Waals surface area contributed by atoms with Crippen LogP contribution in [0.1, 0.15) is 31.1 Å². The monoisotopic (exact) mass is 351 g/mol. The Kier molecular flexibility index (Phi) is 4.55. The molecule has 3 rings (SSSR count). The first-order valence-electron chi connectivity index (χ1n) is 8.33. The van der Waals surface area contributed by atoms with Crippen LogP contribution in [-0.4, -0.2) is 23.4 Å². The van der Waals surface area contributed by atoms with Gasteiger partial charge in [0.15, 0.2) is 5.75 Å². The summed E-state index contributed by atoms with van der Waals surface area (Å²) in [7, 11) is 1.31. The molecule has 3 aromatic rings. The smallest absolute Gasteiger partial charge is 0.343 e. The Bertz CT molecular complexity index is 965. The molecule has 5 heteroatoms. The minimum atomic E-state index is -0.705. The fourth-order valence-corrected chi connectivity index (χ4v) is 2.70. The van der Waals surface area contributed by atoms with E-state index in [-0.39, 0.29) is 11.3 Å². The van der Waals surface area contributed by atoms with Crippen molar-refractivity contribution in [2.45, 2.75) is 20.8 Å². The van der Waals surface area contributed by atoms with Crippen LogP contribution in [0.3, 0.4) is 0 Å². The van der Waals surface area contributed by atoms with Gasteiger partial charge in [-0.25, -0.2) is 4.79 Å². The number of rotatable bonds is 3. The van der Waals surface area contributed by atoms with Gasteiger partial charge in [-0.05, 0) is 38.5 Å². The Morgan fingerprint density at radius 2 is 1.62 bits per heavy atom. The van der Waals surface area contributed by atoms with Gasteiger partial charge in [0, 0.05) is 6.20 Å². The highest BCUT2D eigenvalue weighted by molar-refractivity contribution is 6.04. The van der Waals surface area contributed by atoms with Crippen LogP contribution in [0.5, 0.6) is 5.75 Å². The van der Waals surface area contributed by atoms with Gasteiger partial charge in [-0.1, -0.05) is 36.4 Å². The second-order valence-electron chi connectivity index (χ2n) is 7.01. The van der Waals surface area contributed by atoms with Gasteiger partial charge >= 0.3 is 11.9 Å². The predicted molar refractivity (Wildman–Crippen MR) is 99.3 cm³/mol. The first kappa shape index (κ1) is 17.7. The molecule has 0 fully saturated rings. The van der Waals surface area contributed by atoms with E-state index in [1.807, 2.05) is 59.1 Å². The zero-order chi connectivity index (χ0) is 18.9. The normalized spacial score (nSPS) is 11.4. The average molecular weight is 351 g/mol. The van der Waals surface area contributed by atoms with Gasteiger partial charge in [-0.2, -0.15) is 0 Å². The third-order valence-corrected chi connectivity index (χ3v) is 4.04. The summed E-state index contributed by atoms with van der Waals surface area (Å²) in [6, 6.07) is 15.0. The van der Waals surface area contributed by atoms with Crippen molar-refractivity contribution in [1.82, 2.24) is 4.40 Å². The van der Waals surface area contributed by atoms with Gasteiger partial charge in [0.05, 0.1) is 23.7 Å². The van der Waals surface area contributed by atoms with Crippen molar-refractivity contribution in [2.75, 3.05) is 7.11 Å². The molecule has 0 unspecified atom stereocenters. The zero-order valence-electron chi connectivity index (χ0n) is 15.3. The Labute approximate surface area is 152 Å². The molecule has 0 aliphatic carbocycles. The van der Waals surface area contributed by atoms with E-state index in [1.165, 1.54) is 7.11 Å². The molecule has 2 heterocycles. The minimum absolute atomic E-state index is 0.219. The number of hydrogen-bond acceptors (Lipinski definition) is 4. The van der Waals surface area contributed by atoms with Gasteiger partial charge in [0.25, 0.3) is 0 Å². The summed E-state index contributed by atoms with van der Waals surface area (Å²) in [6.07, 6.45) is 1.83. The number of nitrogens with zero attached hydrogens (tertiary/aromatic N) is 1. The lowest BCUT2D eigenvalue weighted by atomic mass is 9.97. The van der Waals surface area contributed by atoms with Crippen molar-refractivity contribution in [1.29, 1.82) is 0 Å². The van der Waals surface area contributed by atoms with Crippen molar-refractivity contribution < 1.29 is 19.1 Å². The van der Waals surface area contributed by atoms with E-state index in [2.05, 4.69) is 0 Å². The van der Waals surface area contributed by atoms with Crippen molar-refractivity contribution in [3.8, 4) is 17.0 Å². The van der Waals surface area contributed by atoms with Crippen LogP contribution in [-0.2, 0) is 9.53 Å². The first-order chi connectivity index (χ1) is 12.3. The van der Waals surface area contributed by atoms with Crippen molar-refractivity contribution in [3.05, 3.63) is 60.3 Å². The number of methoxy groups -OCH3 is 1. The van der Waals surface area contributed by atoms with E-state index in [1.54, 1.807) is 20.8 Å². The summed E-state index contributed by atoms with van der Waals surface area (Å²) < 4.78 is 12.5. The molecule has 0 aliphatic heterocycles. The molecule has 0 atom stereocenters. The number of carbonyl (C=O) groups is 2. The highest BCUT2D eigenvalue weighted by Gasteiger charge is 2.31. The summed E-state index contributed by atoms with van der Waals surface area (Å²) in [5.74, 6) is -0.751. The van der Waals surface area contributed by atoms with Gasteiger partial charge in [-0.3, -0.25) is 4.79 Å². The SMILES string of the molecule is COC(=O)c1c(OC(=O)C(C)(C)C)c2ccccn2c1-c1ccccc1. The third-order valence-electron chi connectivity index (χ3n) is 4.04. The molecule has 1 aromatic carbocycles. The van der Waals surface area contributed by atoms with E-state index in [0.717, 1.165) is 5.56 Å². The second-order valence-corrected chi connectivity index (χ2v) is 7.01. The second kappa shape index (κ2) is 6.67. The molecule has 26 heavy (non-hydrogen) atoms. The van der Waals surface area contributed by atoms with Crippen LogP contribution in [0.25, 0.3) is 16.8 Å². The zero-order valence-corrected chi connectivity index (χ0v) is 15.3. The lowest BCUT2D eigenvalue weighted by Gasteiger charge is -2.16. The third kappa shape index (κ3) is 3.08. The molecule has 0 saturated carbocycles. The molecular formula is C21H21NO4. The van der Waals surface area contributed by atoms with Gasteiger partial charge in [0.1, 0.15) is 5.56 Å². The molecule has 0 saturated heterocycles. The number of fused-ring (bicyclic) bond motifs is 1. The molecular weight excluding hydrogens is 330 g/mol. The summed E-state index contributed by atoms with van der Waals surface area (Å²) >= 11 is 0. The van der Waals surface area contributed by atoms with Crippen molar-refractivity contribution in [2.24, 2.45) is 5.41 Å². The number of esters is 2. The number of pyridine rings is 1. The lowest BCUT2D eigenvalue weighted by molar-refractivity contribution is -0.142. The van der Waals surface area contributed by atoms with E-state index < -0.39 is 17.4 Å². The number of aromatic nitrogens is 1. The Hall–Kier alpha value is -3.08. The molecule has 0 aliphatic rings. The number of carbonyl (C=O) groups excluding carboxylic acids is 2. The number of ether oxygens (including phenoxy) is 2. The van der Waals surface area contributed by atoms with E-state index in [9.17, 15) is 9.59 Å². The predicted octanol–water partition coefficient (Wildman–Crippen LogP) is 4.34. The number of benzene rings is 1. The summed E-state index contributed by atoms with van der Waals surface area (Å²) in [6.45, 7) is 5.30. The first-order valence-corrected chi connectivity index (χ1v) is 8.33. The Balaban J connectivity index is 2.33. The van der Waals surface area contributed by atoms with Crippen molar-refractivity contribution >= 4 is 17.5 Å². The van der Waals surface area contributed by atoms with Crippen LogP contribution in [0.4, 0.5) is 0 Å². The van der Waals surface area contributed by atoms with Crippen LogP contribution in [0.2, 0.25) is 0 Å². The van der Waals surface area contributed by atoms with Gasteiger partial charge in [-0.15, -0.1) is 0 Å². The molecule has 0 amide bonds. The maximum atomic E-state index is 12.6. The Morgan fingerprint density at radius 1 is 0.962 bits per heavy atom. The maximum Gasteiger partial charge on any atom is 0.343 e. The van der Waals surface area contributed by atoms with Crippen molar-refractivity contribution in [3.63, 3.8) is 0 Å². The highest BCUT2D eigenvalue weighted by atomic mass is 16.5. The molecule has 0 spiro atoms. The summed E-state index contributed by atoms with van der Waals surface area (Å²) in [4.78, 5) is 25.1. The quantitative estimate of drug-likeness (QED) is 0.659. The van der Waals surface area contributed by atoms with Crippen LogP contribution < -0.4 is 4.74 Å². The standard InChI is InChI=1S/C21H21NO4/c1-21(2,3)20(24)26-18-15-12-8-9-13-22(15)17(16(18)19(23)25-4)14-10-6-5-7-11-14/h5-13H,1-4H3. The largest absolute Gasteiger partial charge is 0.465 e. The molecule has 134 valence electrons. The minimum Gasteiger partial charge on any atom is -0.465 e. The van der Waals surface area contributed by atoms with E-state index in [0.29, 0.717) is 11.2 Å². The van der Waals surface area contributed by atoms with E-state index in [4.69, 9.17) is 9.47 Å². The lowest BCUT2D eigenvalue weighted by Crippen LogP contribution is -2.26. The van der Waals surface area contributed by atoms with Gasteiger partial charge in [0.2, 0.25) is 0 Å². The molecule has 0 N–H and O–H groups in total. The number of hydrogen-bond donors (Lipinski definition) is 0. The topological polar surface area (TPSA) is 57.0 Å². The molecule has 0 bridgehead atoms. The van der Waals surface area contributed by atoms with Gasteiger partial charge < -0.3 is 13.9 Å². The van der Waals surface area contributed by atoms with Crippen LogP contribution in [0, 0.1) is 5.41 Å². The van der Waals surface area contributed by atoms with E-state index >= 15 is 0 Å². The van der Waals surface area contributed by atoms with Crippen LogP contribution >= 0.6 is 0 Å². The molecule has 5 nitrogen and oxygen atoms in total. The summed E-state index contributed by atoms with van der Waals surface area (Å²) in [5.41, 5.74) is 1.62. The average Bonchev–Trinajstić information content (AvgIpc) is 2.95. The highest BCUT2D eigenvalue weighted by Crippen LogP contribution is 2.38. The molecule has 0 radical (unpaired) electrons. The summed E-state index contributed by atoms with van der Waals surface area (Å²) in [5, 5.41) is 0. The fourth-order valence-electron chi connectivity index (χ4n) is 2.70. The van der Waals surface area contributed by atoms with Crippen LogP contribution in [0.15, 0.2) is 54.7 Å².